The Balaban J connectivity index is 1.55. The molecule has 0 aromatic carbocycles. The lowest BCUT2D eigenvalue weighted by atomic mass is 9.86. The van der Waals surface area contributed by atoms with Gasteiger partial charge in [0.2, 0.25) is 23.6 Å². The minimum atomic E-state index is -1.79. The third-order valence-electron chi connectivity index (χ3n) is 14.3. The van der Waals surface area contributed by atoms with Crippen molar-refractivity contribution in [1.29, 1.82) is 0 Å². The van der Waals surface area contributed by atoms with Crippen LogP contribution in [0.3, 0.4) is 0 Å². The summed E-state index contributed by atoms with van der Waals surface area (Å²) in [7, 11) is 0. The number of nitrogens with one attached hydrogen (secondary N) is 3. The molecule has 0 aliphatic carbocycles. The molecule has 3 aliphatic heterocycles. The van der Waals surface area contributed by atoms with Crippen molar-refractivity contribution >= 4 is 52.7 Å². The maximum Gasteiger partial charge on any atom is 0.227 e. The van der Waals surface area contributed by atoms with Gasteiger partial charge in [0.1, 0.15) is 42.7 Å². The Kier molecular flexibility index (Phi) is 24.7. The number of hydrogen-bond donors (Lipinski definition) is 10. The molecule has 3 aliphatic rings. The van der Waals surface area contributed by atoms with Crippen molar-refractivity contribution in [2.24, 2.45) is 35.5 Å². The third-order valence-corrected chi connectivity index (χ3v) is 14.3. The van der Waals surface area contributed by atoms with Crippen LogP contribution in [0.4, 0.5) is 0 Å². The number of carbonyl (C=O) groups excluding carboxylic acids is 9. The molecule has 25 heteroatoms. The standard InChI is InChI=1S/C49H81N5O20/c1-20(2)29(17-34(60)37(50)28(10)71-48-24(6)42(39(62)36(19-56)72-48)74-49-41(64)40(63)38(61)35(18-55)73-49)46(68)54-13-11-12-30(54)33(59)16-23(5)44(66)52-26(8)31(57)14-21(3)43(65)51-25(7)32(58)15-22(4)45(67)53-27(9)47(69)70/h20-30,35-42,48-49,55-56,61-64H,11-19,50H2,1-10H3,(H,51,65)(H,52,66)(H,53,67)(H,69,70)/t21?,22?,23?,24?,25-,26-,27-,28?,29?,30-,35?,36?,37-,38-,39-,40-,41?,42+,48-,49-/m0/s1. The minimum Gasteiger partial charge on any atom is -0.548 e. The van der Waals surface area contributed by atoms with E-state index in [1.165, 1.54) is 46.4 Å². The predicted molar refractivity (Wildman–Crippen MR) is 254 cm³/mol. The number of hydrogen-bond acceptors (Lipinski definition) is 20. The zero-order valence-electron chi connectivity index (χ0n) is 44.0. The molecule has 0 radical (unpaired) electrons. The van der Waals surface area contributed by atoms with E-state index in [4.69, 9.17) is 18.9 Å². The van der Waals surface area contributed by atoms with E-state index in [1.807, 2.05) is 0 Å². The summed E-state index contributed by atoms with van der Waals surface area (Å²) >= 11 is 0. The maximum atomic E-state index is 14.2. The Bertz CT molecular complexity index is 1970. The molecule has 74 heavy (non-hydrogen) atoms. The predicted octanol–water partition coefficient (Wildman–Crippen LogP) is -4.83. The van der Waals surface area contributed by atoms with Crippen LogP contribution < -0.4 is 26.8 Å². The van der Waals surface area contributed by atoms with Crippen LogP contribution in [0, 0.1) is 35.5 Å². The fraction of sp³-hybridized carbons (Fsp3) is 0.816. The lowest BCUT2D eigenvalue weighted by molar-refractivity contribution is -0.432. The van der Waals surface area contributed by atoms with Crippen molar-refractivity contribution in [3.63, 3.8) is 0 Å². The summed E-state index contributed by atoms with van der Waals surface area (Å²) in [5.74, 6) is -10.5. The Morgan fingerprint density at radius 2 is 1.12 bits per heavy atom. The quantitative estimate of drug-likeness (QED) is 0.0351. The number of Topliss-reactive ketones (excluding diaryl/α,β-unsaturated/α-hetero) is 4. The highest BCUT2D eigenvalue weighted by Gasteiger charge is 2.51. The van der Waals surface area contributed by atoms with Gasteiger partial charge in [0.15, 0.2) is 41.8 Å². The zero-order valence-corrected chi connectivity index (χ0v) is 44.0. The van der Waals surface area contributed by atoms with Gasteiger partial charge < -0.3 is 86.1 Å². The molecule has 0 aromatic rings. The Hall–Kier alpha value is -4.41. The summed E-state index contributed by atoms with van der Waals surface area (Å²) in [6.07, 6.45) is -14.7. The van der Waals surface area contributed by atoms with Crippen molar-refractivity contribution in [3.8, 4) is 0 Å². The van der Waals surface area contributed by atoms with E-state index >= 15 is 0 Å². The summed E-state index contributed by atoms with van der Waals surface area (Å²) in [6, 6.07) is -5.31. The summed E-state index contributed by atoms with van der Waals surface area (Å²) in [4.78, 5) is 118. The van der Waals surface area contributed by atoms with Crippen LogP contribution in [-0.4, -0.2) is 200 Å². The van der Waals surface area contributed by atoms with Crippen LogP contribution in [0.2, 0.25) is 0 Å². The summed E-state index contributed by atoms with van der Waals surface area (Å²) < 4.78 is 23.3. The average Bonchev–Trinajstić information content (AvgIpc) is 3.85. The topological polar surface area (TPSA) is 402 Å². The van der Waals surface area contributed by atoms with Gasteiger partial charge in [-0.1, -0.05) is 41.5 Å². The fourth-order valence-corrected chi connectivity index (χ4v) is 8.98. The zero-order chi connectivity index (χ0) is 56.2. The molecule has 0 spiro atoms. The van der Waals surface area contributed by atoms with E-state index in [-0.39, 0.29) is 43.9 Å². The molecule has 0 bridgehead atoms. The molecule has 9 unspecified atom stereocenters. The van der Waals surface area contributed by atoms with Crippen molar-refractivity contribution < 1.29 is 104 Å². The number of likely N-dealkylation sites (tertiary alicyclic amines) is 1. The molecule has 0 aromatic heterocycles. The Morgan fingerprint density at radius 3 is 1.61 bits per heavy atom. The molecule has 20 atom stereocenters. The highest BCUT2D eigenvalue weighted by molar-refractivity contribution is 5.97. The molecule has 12 N–H and O–H groups in total. The Labute approximate surface area is 430 Å². The largest absolute Gasteiger partial charge is 0.548 e. The molecule has 0 saturated carbocycles. The first-order valence-electron chi connectivity index (χ1n) is 25.4. The second-order valence-corrected chi connectivity index (χ2v) is 20.8. The number of aliphatic hydroxyl groups excluding tert-OH is 6. The van der Waals surface area contributed by atoms with Gasteiger partial charge in [-0.25, -0.2) is 0 Å². The molecule has 3 rings (SSSR count). The van der Waals surface area contributed by atoms with Gasteiger partial charge in [0, 0.05) is 61.8 Å². The average molecular weight is 1060 g/mol. The number of rotatable bonds is 28. The van der Waals surface area contributed by atoms with E-state index in [2.05, 4.69) is 21.7 Å². The van der Waals surface area contributed by atoms with Gasteiger partial charge in [-0.15, -0.1) is 0 Å². The van der Waals surface area contributed by atoms with Crippen LogP contribution in [0.1, 0.15) is 108 Å². The number of carboxylic acid groups (broad SMARTS) is 1. The lowest BCUT2D eigenvalue weighted by Gasteiger charge is -2.47. The number of aliphatic hydroxyl groups is 6. The number of ether oxygens (including phenoxy) is 4. The monoisotopic (exact) mass is 1060 g/mol. The number of ketones is 4. The van der Waals surface area contributed by atoms with E-state index in [1.54, 1.807) is 27.7 Å². The first-order valence-corrected chi connectivity index (χ1v) is 25.4. The van der Waals surface area contributed by atoms with E-state index in [0.717, 1.165) is 0 Å². The molecule has 3 fully saturated rings. The van der Waals surface area contributed by atoms with Crippen LogP contribution in [0.15, 0.2) is 0 Å². The van der Waals surface area contributed by atoms with Gasteiger partial charge in [-0.3, -0.25) is 38.4 Å². The summed E-state index contributed by atoms with van der Waals surface area (Å²) in [5.41, 5.74) is 4.01. The maximum absolute atomic E-state index is 14.2. The molecule has 3 heterocycles. The number of amides is 4. The minimum absolute atomic E-state index is 0.230. The number of aliphatic carboxylic acids is 1. The van der Waals surface area contributed by atoms with Crippen LogP contribution >= 0.6 is 0 Å². The molecule has 3 saturated heterocycles. The summed E-state index contributed by atoms with van der Waals surface area (Å²) in [5, 5.41) is 80.0. The number of carboxylic acids is 1. The Morgan fingerprint density at radius 1 is 0.649 bits per heavy atom. The normalized spacial score (nSPS) is 29.9. The molecule has 422 valence electrons. The van der Waals surface area contributed by atoms with E-state index < -0.39 is 181 Å². The first kappa shape index (κ1) is 63.9. The van der Waals surface area contributed by atoms with Crippen molar-refractivity contribution in [2.75, 3.05) is 19.8 Å². The van der Waals surface area contributed by atoms with Crippen molar-refractivity contribution in [3.05, 3.63) is 0 Å². The molecule has 4 amide bonds. The smallest absolute Gasteiger partial charge is 0.227 e. The molecule has 25 nitrogen and oxygen atoms in total. The van der Waals surface area contributed by atoms with Crippen molar-refractivity contribution in [1.82, 2.24) is 20.9 Å². The second kappa shape index (κ2) is 28.6. The second-order valence-electron chi connectivity index (χ2n) is 20.8. The fourth-order valence-electron chi connectivity index (χ4n) is 8.98. The van der Waals surface area contributed by atoms with E-state index in [0.29, 0.717) is 12.8 Å². The van der Waals surface area contributed by atoms with E-state index in [9.17, 15) is 78.9 Å². The highest BCUT2D eigenvalue weighted by atomic mass is 16.7. The number of quaternary nitrogens is 1. The van der Waals surface area contributed by atoms with Gasteiger partial charge in [-0.05, 0) is 46.5 Å². The third kappa shape index (κ3) is 16.8. The van der Waals surface area contributed by atoms with Gasteiger partial charge in [0.25, 0.3) is 0 Å². The SMILES string of the molecule is CC(CC(=O)[C@H](C)NC(=O)C(C)CC(=O)[C@H](C)NC(=O)C(C)CC(=O)[C@@H]1CCCN1C(=O)C(CC(=O)[C@@H]([NH3+])C(C)O[C@H]1OC(CO)[C@H](O)[C@H](O[C@@H]2OC(CO)[C@H](O)[C@H](O)C2O)C1C)C(C)C)C(=O)N[C@@H](C)C(=O)[O-]. The van der Waals surface area contributed by atoms with Crippen LogP contribution in [0.5, 0.6) is 0 Å². The number of carbonyl (C=O) groups is 9. The van der Waals surface area contributed by atoms with Crippen molar-refractivity contribution in [2.45, 2.75) is 199 Å². The van der Waals surface area contributed by atoms with Gasteiger partial charge in [-0.2, -0.15) is 0 Å². The molecular formula is C49H81N5O20. The first-order chi connectivity index (χ1) is 34.5. The summed E-state index contributed by atoms with van der Waals surface area (Å²) in [6.45, 7) is 13.9. The number of nitrogens with zero attached hydrogens (tertiary/aromatic N) is 1. The van der Waals surface area contributed by atoms with Gasteiger partial charge in [0.05, 0.1) is 49.5 Å². The highest BCUT2D eigenvalue weighted by Crippen LogP contribution is 2.34. The van der Waals surface area contributed by atoms with Gasteiger partial charge >= 0.3 is 0 Å². The van der Waals surface area contributed by atoms with Crippen LogP contribution in [0.25, 0.3) is 0 Å². The molecular weight excluding hydrogens is 979 g/mol. The lowest BCUT2D eigenvalue weighted by Crippen LogP contribution is -2.71. The van der Waals surface area contributed by atoms with Crippen LogP contribution in [-0.2, 0) is 62.1 Å².